The summed E-state index contributed by atoms with van der Waals surface area (Å²) >= 11 is 0. The summed E-state index contributed by atoms with van der Waals surface area (Å²) in [6, 6.07) is 5.79. The number of nitrogens with one attached hydrogen (secondary N) is 1. The van der Waals surface area contributed by atoms with Crippen LogP contribution in [0.1, 0.15) is 5.82 Å². The number of hydrogen-bond acceptors (Lipinski definition) is 6. The first-order valence-electron chi connectivity index (χ1n) is 6.48. The average Bonchev–Trinajstić information content (AvgIpc) is 3.09. The minimum atomic E-state index is 0.495. The van der Waals surface area contributed by atoms with E-state index in [1.165, 1.54) is 0 Å². The van der Waals surface area contributed by atoms with Gasteiger partial charge in [-0.1, -0.05) is 6.07 Å². The lowest BCUT2D eigenvalue weighted by Gasteiger charge is -2.03. The summed E-state index contributed by atoms with van der Waals surface area (Å²) in [5.74, 6) is 1.35. The van der Waals surface area contributed by atoms with Crippen molar-refractivity contribution in [3.8, 4) is 0 Å². The van der Waals surface area contributed by atoms with Gasteiger partial charge in [-0.3, -0.25) is 4.40 Å². The number of aromatic nitrogens is 7. The fourth-order valence-electron chi connectivity index (χ4n) is 2.18. The summed E-state index contributed by atoms with van der Waals surface area (Å²) in [6.45, 7) is 0.495. The predicted molar refractivity (Wildman–Crippen MR) is 76.6 cm³/mol. The molecule has 4 aromatic heterocycles. The molecule has 0 spiro atoms. The highest BCUT2D eigenvalue weighted by Gasteiger charge is 2.07. The number of anilines is 1. The molecule has 1 N–H and O–H groups in total. The zero-order valence-electron chi connectivity index (χ0n) is 11.3. The first-order valence-corrected chi connectivity index (χ1v) is 6.48. The van der Waals surface area contributed by atoms with Crippen molar-refractivity contribution >= 4 is 22.8 Å². The lowest BCUT2D eigenvalue weighted by molar-refractivity contribution is 0.897. The van der Waals surface area contributed by atoms with Crippen molar-refractivity contribution in [2.75, 3.05) is 5.32 Å². The van der Waals surface area contributed by atoms with Gasteiger partial charge in [0.2, 0.25) is 5.95 Å². The van der Waals surface area contributed by atoms with Gasteiger partial charge in [0, 0.05) is 13.2 Å². The summed E-state index contributed by atoms with van der Waals surface area (Å²) in [7, 11) is 1.90. The van der Waals surface area contributed by atoms with Crippen LogP contribution < -0.4 is 5.32 Å². The van der Waals surface area contributed by atoms with E-state index in [1.807, 2.05) is 40.4 Å². The van der Waals surface area contributed by atoms with Gasteiger partial charge in [0.1, 0.15) is 5.52 Å². The van der Waals surface area contributed by atoms with E-state index >= 15 is 0 Å². The third-order valence-electron chi connectivity index (χ3n) is 3.24. The highest BCUT2D eigenvalue weighted by molar-refractivity contribution is 5.70. The molecular formula is C13H12N8. The Balaban J connectivity index is 1.61. The molecule has 104 valence electrons. The zero-order chi connectivity index (χ0) is 14.2. The first kappa shape index (κ1) is 11.8. The Kier molecular flexibility index (Phi) is 2.53. The number of aryl methyl sites for hydroxylation is 1. The summed E-state index contributed by atoms with van der Waals surface area (Å²) in [6.07, 6.45) is 5.35. The van der Waals surface area contributed by atoms with Crippen LogP contribution in [0.25, 0.3) is 16.8 Å². The van der Waals surface area contributed by atoms with Gasteiger partial charge in [-0.15, -0.1) is 10.2 Å². The first-order chi connectivity index (χ1) is 10.3. The standard InChI is InChI=1S/C13H12N8/c1-20-8-16-9-6-14-13(17-12(9)20)15-7-11-19-18-10-4-2-3-5-21(10)11/h2-6,8H,7H2,1H3,(H,14,15,17). The smallest absolute Gasteiger partial charge is 0.225 e. The van der Waals surface area contributed by atoms with Gasteiger partial charge in [0.15, 0.2) is 17.1 Å². The normalized spacial score (nSPS) is 11.3. The van der Waals surface area contributed by atoms with Crippen molar-refractivity contribution in [2.24, 2.45) is 7.05 Å². The molecule has 0 aliphatic heterocycles. The van der Waals surface area contributed by atoms with Gasteiger partial charge in [-0.25, -0.2) is 9.97 Å². The van der Waals surface area contributed by atoms with Crippen LogP contribution in [0.5, 0.6) is 0 Å². The van der Waals surface area contributed by atoms with Gasteiger partial charge in [0.25, 0.3) is 0 Å². The Labute approximate surface area is 119 Å². The third kappa shape index (κ3) is 1.97. The molecule has 0 saturated carbocycles. The maximum absolute atomic E-state index is 4.44. The molecule has 21 heavy (non-hydrogen) atoms. The van der Waals surface area contributed by atoms with Gasteiger partial charge in [0.05, 0.1) is 19.1 Å². The van der Waals surface area contributed by atoms with E-state index in [-0.39, 0.29) is 0 Å². The lowest BCUT2D eigenvalue weighted by atomic mass is 10.4. The lowest BCUT2D eigenvalue weighted by Crippen LogP contribution is -2.07. The van der Waals surface area contributed by atoms with Crippen molar-refractivity contribution in [2.45, 2.75) is 6.54 Å². The van der Waals surface area contributed by atoms with Crippen molar-refractivity contribution < 1.29 is 0 Å². The Morgan fingerprint density at radius 1 is 1.19 bits per heavy atom. The highest BCUT2D eigenvalue weighted by atomic mass is 15.3. The number of imidazole rings is 1. The SMILES string of the molecule is Cn1cnc2cnc(NCc3nnc4ccccn34)nc21. The molecule has 0 aliphatic carbocycles. The molecule has 4 heterocycles. The average molecular weight is 280 g/mol. The van der Waals surface area contributed by atoms with E-state index in [0.717, 1.165) is 22.6 Å². The molecule has 0 amide bonds. The number of rotatable bonds is 3. The molecule has 0 atom stereocenters. The van der Waals surface area contributed by atoms with Crippen LogP contribution in [-0.4, -0.2) is 34.1 Å². The minimum absolute atomic E-state index is 0.495. The van der Waals surface area contributed by atoms with Crippen molar-refractivity contribution in [1.82, 2.24) is 34.1 Å². The largest absolute Gasteiger partial charge is 0.347 e. The predicted octanol–water partition coefficient (Wildman–Crippen LogP) is 1.02. The van der Waals surface area contributed by atoms with Crippen LogP contribution in [0.15, 0.2) is 36.9 Å². The van der Waals surface area contributed by atoms with Gasteiger partial charge in [-0.05, 0) is 12.1 Å². The molecular weight excluding hydrogens is 268 g/mol. The third-order valence-corrected chi connectivity index (χ3v) is 3.24. The van der Waals surface area contributed by atoms with Gasteiger partial charge >= 0.3 is 0 Å². The van der Waals surface area contributed by atoms with Crippen molar-refractivity contribution in [3.63, 3.8) is 0 Å². The van der Waals surface area contributed by atoms with E-state index in [2.05, 4.69) is 30.5 Å². The molecule has 4 aromatic rings. The van der Waals surface area contributed by atoms with E-state index in [1.54, 1.807) is 12.5 Å². The molecule has 8 nitrogen and oxygen atoms in total. The molecule has 8 heteroatoms. The number of pyridine rings is 1. The molecule has 4 rings (SSSR count). The number of nitrogens with zero attached hydrogens (tertiary/aromatic N) is 7. The van der Waals surface area contributed by atoms with Crippen LogP contribution in [0.3, 0.4) is 0 Å². The van der Waals surface area contributed by atoms with E-state index in [4.69, 9.17) is 0 Å². The van der Waals surface area contributed by atoms with Crippen molar-refractivity contribution in [1.29, 1.82) is 0 Å². The Bertz CT molecular complexity index is 922. The quantitative estimate of drug-likeness (QED) is 0.603. The van der Waals surface area contributed by atoms with Crippen LogP contribution in [0.4, 0.5) is 5.95 Å². The minimum Gasteiger partial charge on any atom is -0.347 e. The molecule has 0 aromatic carbocycles. The Morgan fingerprint density at radius 3 is 3.10 bits per heavy atom. The molecule has 0 bridgehead atoms. The van der Waals surface area contributed by atoms with E-state index < -0.39 is 0 Å². The second-order valence-electron chi connectivity index (χ2n) is 4.66. The van der Waals surface area contributed by atoms with E-state index in [9.17, 15) is 0 Å². The molecule has 0 saturated heterocycles. The maximum Gasteiger partial charge on any atom is 0.225 e. The Hall–Kier alpha value is -3.03. The zero-order valence-corrected chi connectivity index (χ0v) is 11.3. The fraction of sp³-hybridized carbons (Fsp3) is 0.154. The van der Waals surface area contributed by atoms with Crippen LogP contribution in [-0.2, 0) is 13.6 Å². The highest BCUT2D eigenvalue weighted by Crippen LogP contribution is 2.11. The van der Waals surface area contributed by atoms with Gasteiger partial charge < -0.3 is 9.88 Å². The van der Waals surface area contributed by atoms with Crippen molar-refractivity contribution in [3.05, 3.63) is 42.7 Å². The van der Waals surface area contributed by atoms with Crippen LogP contribution in [0.2, 0.25) is 0 Å². The molecule has 0 radical (unpaired) electrons. The Morgan fingerprint density at radius 2 is 2.14 bits per heavy atom. The second-order valence-corrected chi connectivity index (χ2v) is 4.66. The molecule has 0 aliphatic rings. The number of fused-ring (bicyclic) bond motifs is 2. The fourth-order valence-corrected chi connectivity index (χ4v) is 2.18. The number of hydrogen-bond donors (Lipinski definition) is 1. The molecule has 0 fully saturated rings. The monoisotopic (exact) mass is 280 g/mol. The molecule has 0 unspecified atom stereocenters. The van der Waals surface area contributed by atoms with Gasteiger partial charge in [-0.2, -0.15) is 4.98 Å². The van der Waals surface area contributed by atoms with E-state index in [0.29, 0.717) is 12.5 Å². The van der Waals surface area contributed by atoms with Crippen LogP contribution in [0, 0.1) is 0 Å². The topological polar surface area (TPSA) is 85.8 Å². The second kappa shape index (κ2) is 4.51. The summed E-state index contributed by atoms with van der Waals surface area (Å²) < 4.78 is 3.78. The van der Waals surface area contributed by atoms with Crippen LogP contribution >= 0.6 is 0 Å². The maximum atomic E-state index is 4.44. The summed E-state index contributed by atoms with van der Waals surface area (Å²) in [4.78, 5) is 12.9. The summed E-state index contributed by atoms with van der Waals surface area (Å²) in [5, 5.41) is 11.4. The summed E-state index contributed by atoms with van der Waals surface area (Å²) in [5.41, 5.74) is 2.38.